The van der Waals surface area contributed by atoms with E-state index in [0.29, 0.717) is 17.3 Å². The van der Waals surface area contributed by atoms with Crippen LogP contribution in [0.15, 0.2) is 84.2 Å². The van der Waals surface area contributed by atoms with Crippen molar-refractivity contribution in [1.29, 1.82) is 0 Å². The molecule has 3 aliphatic rings. The monoisotopic (exact) mass is 557 g/mol. The van der Waals surface area contributed by atoms with Gasteiger partial charge in [0.05, 0.1) is 41.4 Å². The standard InChI is InChI=1S/C33H31N7O2/c1-42-29-9-5-2-6-21(29)22-16-23-26(17-28(22)40-15-12-34-19-40)38-33(41)30(32-36-24-7-3-4-8-25(24)37-32)31(23)35-27-18-39-13-10-20(27)11-14-39/h2-9,12,15-17,19-20,27H,10-11,13-14,18H2,1H3,(H,36,37)(H2,35,38,41)/t27-/m0/s1. The third-order valence-corrected chi connectivity index (χ3v) is 8.92. The molecule has 9 nitrogen and oxygen atoms in total. The number of benzene rings is 3. The molecule has 0 spiro atoms. The molecule has 0 unspecified atom stereocenters. The minimum Gasteiger partial charge on any atom is -0.496 e. The third kappa shape index (κ3) is 4.08. The molecular formula is C33H31N7O2. The normalized spacial score (nSPS) is 19.9. The summed E-state index contributed by atoms with van der Waals surface area (Å²) in [7, 11) is 1.69. The molecule has 42 heavy (non-hydrogen) atoms. The summed E-state index contributed by atoms with van der Waals surface area (Å²) in [4.78, 5) is 32.3. The molecule has 6 aromatic rings. The van der Waals surface area contributed by atoms with Crippen molar-refractivity contribution in [2.24, 2.45) is 5.92 Å². The molecular weight excluding hydrogens is 526 g/mol. The van der Waals surface area contributed by atoms with Crippen LogP contribution in [0.2, 0.25) is 0 Å². The van der Waals surface area contributed by atoms with E-state index in [2.05, 4.69) is 37.3 Å². The highest BCUT2D eigenvalue weighted by Crippen LogP contribution is 2.41. The van der Waals surface area contributed by atoms with E-state index < -0.39 is 0 Å². The number of para-hydroxylation sites is 3. The molecule has 3 N–H and O–H groups in total. The van der Waals surface area contributed by atoms with E-state index in [0.717, 1.165) is 82.7 Å². The van der Waals surface area contributed by atoms with Crippen LogP contribution < -0.4 is 15.6 Å². The molecule has 3 saturated heterocycles. The number of nitrogens with zero attached hydrogens (tertiary/aromatic N) is 4. The van der Waals surface area contributed by atoms with Gasteiger partial charge in [-0.1, -0.05) is 30.3 Å². The molecule has 0 aliphatic carbocycles. The topological polar surface area (TPSA) is 104 Å². The van der Waals surface area contributed by atoms with Crippen LogP contribution in [0.25, 0.3) is 50.1 Å². The lowest BCUT2D eigenvalue weighted by molar-refractivity contribution is 0.0976. The highest BCUT2D eigenvalue weighted by atomic mass is 16.5. The number of piperidine rings is 3. The predicted molar refractivity (Wildman–Crippen MR) is 165 cm³/mol. The fourth-order valence-electron chi connectivity index (χ4n) is 6.79. The van der Waals surface area contributed by atoms with Crippen LogP contribution in [-0.4, -0.2) is 62.2 Å². The Morgan fingerprint density at radius 1 is 0.976 bits per heavy atom. The summed E-state index contributed by atoms with van der Waals surface area (Å²) in [6.45, 7) is 3.24. The molecule has 0 saturated carbocycles. The second-order valence-electron chi connectivity index (χ2n) is 11.3. The van der Waals surface area contributed by atoms with E-state index in [1.165, 1.54) is 0 Å². The number of nitrogens with one attached hydrogen (secondary N) is 3. The molecule has 0 radical (unpaired) electrons. The van der Waals surface area contributed by atoms with E-state index in [1.807, 2.05) is 59.3 Å². The van der Waals surface area contributed by atoms with Crippen molar-refractivity contribution in [3.8, 4) is 34.0 Å². The van der Waals surface area contributed by atoms with E-state index in [4.69, 9.17) is 9.72 Å². The zero-order valence-corrected chi connectivity index (χ0v) is 23.3. The lowest BCUT2D eigenvalue weighted by atomic mass is 9.83. The number of H-pyrrole nitrogens is 2. The second kappa shape index (κ2) is 9.88. The second-order valence-corrected chi connectivity index (χ2v) is 11.3. The quantitative estimate of drug-likeness (QED) is 0.252. The summed E-state index contributed by atoms with van der Waals surface area (Å²) in [6, 6.07) is 20.3. The predicted octanol–water partition coefficient (Wildman–Crippen LogP) is 5.44. The molecule has 9 rings (SSSR count). The number of hydrogen-bond donors (Lipinski definition) is 3. The van der Waals surface area contributed by atoms with E-state index in [9.17, 15) is 4.79 Å². The molecule has 3 aliphatic heterocycles. The highest BCUT2D eigenvalue weighted by molar-refractivity contribution is 6.03. The van der Waals surface area contributed by atoms with Crippen LogP contribution in [0, 0.1) is 5.92 Å². The van der Waals surface area contributed by atoms with Crippen LogP contribution in [0.3, 0.4) is 0 Å². The van der Waals surface area contributed by atoms with Gasteiger partial charge in [0.2, 0.25) is 0 Å². The number of ether oxygens (including phenoxy) is 1. The van der Waals surface area contributed by atoms with Crippen LogP contribution in [0.5, 0.6) is 5.75 Å². The molecule has 9 heteroatoms. The largest absolute Gasteiger partial charge is 0.496 e. The first kappa shape index (κ1) is 24.9. The molecule has 1 atom stereocenters. The number of imidazole rings is 2. The van der Waals surface area contributed by atoms with Gasteiger partial charge in [-0.05, 0) is 62.2 Å². The van der Waals surface area contributed by atoms with Crippen molar-refractivity contribution in [3.63, 3.8) is 0 Å². The van der Waals surface area contributed by atoms with Gasteiger partial charge in [-0.2, -0.15) is 0 Å². The Kier molecular flexibility index (Phi) is 5.85. The number of fused-ring (bicyclic) bond motifs is 5. The summed E-state index contributed by atoms with van der Waals surface area (Å²) in [6.07, 6.45) is 7.76. The average molecular weight is 558 g/mol. The minimum absolute atomic E-state index is 0.188. The summed E-state index contributed by atoms with van der Waals surface area (Å²) in [5, 5.41) is 4.82. The van der Waals surface area contributed by atoms with Gasteiger partial charge in [-0.15, -0.1) is 0 Å². The summed E-state index contributed by atoms with van der Waals surface area (Å²) < 4.78 is 7.76. The maximum atomic E-state index is 14.0. The van der Waals surface area contributed by atoms with Crippen molar-refractivity contribution in [1.82, 2.24) is 29.4 Å². The zero-order chi connectivity index (χ0) is 28.2. The lowest BCUT2D eigenvalue weighted by Gasteiger charge is -2.45. The van der Waals surface area contributed by atoms with Crippen LogP contribution >= 0.6 is 0 Å². The van der Waals surface area contributed by atoms with Gasteiger partial charge in [0.1, 0.15) is 17.1 Å². The fraction of sp³-hybridized carbons (Fsp3) is 0.242. The molecule has 6 heterocycles. The maximum Gasteiger partial charge on any atom is 0.261 e. The Morgan fingerprint density at radius 2 is 1.81 bits per heavy atom. The van der Waals surface area contributed by atoms with Gasteiger partial charge in [0, 0.05) is 41.5 Å². The summed E-state index contributed by atoms with van der Waals surface area (Å²) in [5.74, 6) is 1.89. The molecule has 3 aromatic carbocycles. The van der Waals surface area contributed by atoms with Crippen LogP contribution in [-0.2, 0) is 0 Å². The maximum absolute atomic E-state index is 14.0. The lowest BCUT2D eigenvalue weighted by Crippen LogP contribution is -2.53. The number of aromatic amines is 2. The van der Waals surface area contributed by atoms with Gasteiger partial charge < -0.3 is 29.5 Å². The number of aromatic nitrogens is 5. The zero-order valence-electron chi connectivity index (χ0n) is 23.3. The Balaban J connectivity index is 1.41. The smallest absolute Gasteiger partial charge is 0.261 e. The van der Waals surface area contributed by atoms with Crippen molar-refractivity contribution in [2.75, 3.05) is 32.1 Å². The first-order chi connectivity index (χ1) is 20.7. The first-order valence-corrected chi connectivity index (χ1v) is 14.5. The Morgan fingerprint density at radius 3 is 2.57 bits per heavy atom. The molecule has 0 amide bonds. The number of methoxy groups -OCH3 is 1. The number of hydrogen-bond acceptors (Lipinski definition) is 6. The Hall–Kier alpha value is -4.89. The first-order valence-electron chi connectivity index (χ1n) is 14.5. The average Bonchev–Trinajstić information content (AvgIpc) is 3.72. The van der Waals surface area contributed by atoms with E-state index >= 15 is 0 Å². The molecule has 3 aromatic heterocycles. The van der Waals surface area contributed by atoms with E-state index in [-0.39, 0.29) is 11.6 Å². The van der Waals surface area contributed by atoms with E-state index in [1.54, 1.807) is 19.6 Å². The fourth-order valence-corrected chi connectivity index (χ4v) is 6.79. The van der Waals surface area contributed by atoms with Crippen LogP contribution in [0.1, 0.15) is 12.8 Å². The molecule has 2 bridgehead atoms. The van der Waals surface area contributed by atoms with Gasteiger partial charge in [0.25, 0.3) is 5.56 Å². The molecule has 210 valence electrons. The third-order valence-electron chi connectivity index (χ3n) is 8.92. The van der Waals surface area contributed by atoms with Gasteiger partial charge in [0.15, 0.2) is 0 Å². The Bertz CT molecular complexity index is 1950. The Labute approximate surface area is 242 Å². The van der Waals surface area contributed by atoms with Crippen molar-refractivity contribution >= 4 is 27.6 Å². The molecule has 3 fully saturated rings. The highest BCUT2D eigenvalue weighted by Gasteiger charge is 2.35. The van der Waals surface area contributed by atoms with Crippen molar-refractivity contribution < 1.29 is 4.74 Å². The van der Waals surface area contributed by atoms with Crippen LogP contribution in [0.4, 0.5) is 5.69 Å². The van der Waals surface area contributed by atoms with Crippen molar-refractivity contribution in [3.05, 3.63) is 89.7 Å². The SMILES string of the molecule is COc1ccccc1-c1cc2c(N[C@H]3CN4CCC3CC4)c(-c3nc4ccccc4[nH]3)c(=O)[nH]c2cc1-n1ccnc1. The van der Waals surface area contributed by atoms with Gasteiger partial charge in [-0.3, -0.25) is 4.79 Å². The summed E-state index contributed by atoms with van der Waals surface area (Å²) >= 11 is 0. The summed E-state index contributed by atoms with van der Waals surface area (Å²) in [5.41, 5.74) is 6.42. The number of anilines is 1. The van der Waals surface area contributed by atoms with Gasteiger partial charge >= 0.3 is 0 Å². The van der Waals surface area contributed by atoms with Crippen molar-refractivity contribution in [2.45, 2.75) is 18.9 Å². The van der Waals surface area contributed by atoms with Gasteiger partial charge in [-0.25, -0.2) is 9.97 Å². The minimum atomic E-state index is -0.188. The number of pyridine rings is 1. The number of rotatable bonds is 6.